The van der Waals surface area contributed by atoms with Crippen LogP contribution in [0.15, 0.2) is 10.9 Å². The van der Waals surface area contributed by atoms with Gasteiger partial charge in [-0.1, -0.05) is 6.92 Å². The number of amides is 1. The molecule has 1 saturated heterocycles. The number of aromatic amines is 1. The van der Waals surface area contributed by atoms with Crippen LogP contribution in [0.5, 0.6) is 0 Å². The van der Waals surface area contributed by atoms with E-state index in [1.807, 2.05) is 6.92 Å². The van der Waals surface area contributed by atoms with Gasteiger partial charge in [-0.2, -0.15) is 0 Å². The number of fused-ring (bicyclic) bond motifs is 1. The topological polar surface area (TPSA) is 88.3 Å². The smallest absolute Gasteiger partial charge is 0.261 e. The van der Waals surface area contributed by atoms with Gasteiger partial charge in [-0.15, -0.1) is 0 Å². The molecule has 1 amide bonds. The minimum Gasteiger partial charge on any atom is -0.376 e. The molecule has 0 bridgehead atoms. The summed E-state index contributed by atoms with van der Waals surface area (Å²) in [5.41, 5.74) is 0.675. The Balaban J connectivity index is 1.78. The lowest BCUT2D eigenvalue weighted by molar-refractivity contribution is 0.0856. The maximum absolute atomic E-state index is 12.2. The third kappa shape index (κ3) is 2.97. The zero-order chi connectivity index (χ0) is 15.7. The second-order valence-electron chi connectivity index (χ2n) is 6.19. The zero-order valence-electron chi connectivity index (χ0n) is 12.6. The molecule has 1 aliphatic carbocycles. The molecule has 22 heavy (non-hydrogen) atoms. The Kier molecular flexibility index (Phi) is 4.11. The van der Waals surface area contributed by atoms with Crippen molar-refractivity contribution in [3.05, 3.63) is 33.2 Å². The Bertz CT molecular complexity index is 659. The molecule has 1 aliphatic heterocycles. The molecule has 0 spiro atoms. The first-order chi connectivity index (χ1) is 10.5. The number of carbonyl (C=O) groups is 2. The van der Waals surface area contributed by atoms with E-state index in [2.05, 4.69) is 10.3 Å². The number of hydrogen-bond acceptors (Lipinski definition) is 4. The lowest BCUT2D eigenvalue weighted by Gasteiger charge is -2.20. The predicted octanol–water partition coefficient (Wildman–Crippen LogP) is 1.05. The number of nitrogens with one attached hydrogen (secondary N) is 2. The molecular weight excluding hydrogens is 284 g/mol. The third-order valence-electron chi connectivity index (χ3n) is 4.27. The molecule has 2 N–H and O–H groups in total. The van der Waals surface area contributed by atoms with Gasteiger partial charge in [0.2, 0.25) is 0 Å². The predicted molar refractivity (Wildman–Crippen MR) is 80.2 cm³/mol. The number of ether oxygens (including phenoxy) is 1. The molecular formula is C16H20N2O4. The number of Topliss-reactive ketones (excluding diaryl/α,β-unsaturated/α-hetero) is 1. The van der Waals surface area contributed by atoms with E-state index in [0.717, 1.165) is 12.8 Å². The van der Waals surface area contributed by atoms with Gasteiger partial charge in [-0.25, -0.2) is 0 Å². The van der Waals surface area contributed by atoms with Gasteiger partial charge in [0.1, 0.15) is 5.56 Å². The summed E-state index contributed by atoms with van der Waals surface area (Å²) in [5.74, 6) is -0.251. The average molecular weight is 304 g/mol. The van der Waals surface area contributed by atoms with Crippen molar-refractivity contribution in [3.63, 3.8) is 0 Å². The SMILES string of the molecule is CC1CC(=O)c2cc(C(=O)NCC3CCCO3)c(=O)[nH]c2C1. The second kappa shape index (κ2) is 6.04. The van der Waals surface area contributed by atoms with E-state index in [0.29, 0.717) is 37.3 Å². The van der Waals surface area contributed by atoms with Gasteiger partial charge in [0.15, 0.2) is 5.78 Å². The highest BCUT2D eigenvalue weighted by Crippen LogP contribution is 2.23. The number of pyridine rings is 1. The molecule has 6 nitrogen and oxygen atoms in total. The molecule has 2 aliphatic rings. The Morgan fingerprint density at radius 1 is 1.41 bits per heavy atom. The molecule has 3 rings (SSSR count). The molecule has 2 atom stereocenters. The first kappa shape index (κ1) is 15.0. The molecule has 6 heteroatoms. The van der Waals surface area contributed by atoms with E-state index in [1.165, 1.54) is 6.07 Å². The van der Waals surface area contributed by atoms with Crippen molar-refractivity contribution >= 4 is 11.7 Å². The normalized spacial score (nSPS) is 24.1. The fourth-order valence-corrected chi connectivity index (χ4v) is 3.10. The minimum absolute atomic E-state index is 0.000324. The lowest BCUT2D eigenvalue weighted by atomic mass is 9.86. The molecule has 2 unspecified atom stereocenters. The van der Waals surface area contributed by atoms with Gasteiger partial charge in [0.05, 0.1) is 6.10 Å². The fourth-order valence-electron chi connectivity index (χ4n) is 3.10. The van der Waals surface area contributed by atoms with Crippen molar-refractivity contribution in [1.82, 2.24) is 10.3 Å². The minimum atomic E-state index is -0.453. The zero-order valence-corrected chi connectivity index (χ0v) is 12.6. The number of carbonyl (C=O) groups excluding carboxylic acids is 2. The van der Waals surface area contributed by atoms with Crippen LogP contribution >= 0.6 is 0 Å². The van der Waals surface area contributed by atoms with Crippen LogP contribution in [0.2, 0.25) is 0 Å². The Morgan fingerprint density at radius 2 is 2.23 bits per heavy atom. The van der Waals surface area contributed by atoms with Crippen molar-refractivity contribution < 1.29 is 14.3 Å². The molecule has 1 aromatic heterocycles. The van der Waals surface area contributed by atoms with Gasteiger partial charge < -0.3 is 15.0 Å². The van der Waals surface area contributed by atoms with E-state index in [-0.39, 0.29) is 23.4 Å². The Morgan fingerprint density at radius 3 is 2.95 bits per heavy atom. The quantitative estimate of drug-likeness (QED) is 0.873. The van der Waals surface area contributed by atoms with Gasteiger partial charge in [0.25, 0.3) is 11.5 Å². The van der Waals surface area contributed by atoms with Crippen LogP contribution in [-0.4, -0.2) is 35.9 Å². The summed E-state index contributed by atoms with van der Waals surface area (Å²) >= 11 is 0. The summed E-state index contributed by atoms with van der Waals surface area (Å²) < 4.78 is 5.43. The van der Waals surface area contributed by atoms with E-state index in [9.17, 15) is 14.4 Å². The number of H-pyrrole nitrogens is 1. The highest BCUT2D eigenvalue weighted by atomic mass is 16.5. The van der Waals surface area contributed by atoms with Crippen LogP contribution in [0.3, 0.4) is 0 Å². The van der Waals surface area contributed by atoms with Gasteiger partial charge in [-0.05, 0) is 31.2 Å². The molecule has 118 valence electrons. The molecule has 2 heterocycles. The summed E-state index contributed by atoms with van der Waals surface area (Å²) in [5, 5.41) is 2.72. The van der Waals surface area contributed by atoms with E-state index in [4.69, 9.17) is 4.74 Å². The fraction of sp³-hybridized carbons (Fsp3) is 0.562. The van der Waals surface area contributed by atoms with E-state index >= 15 is 0 Å². The summed E-state index contributed by atoms with van der Waals surface area (Å²) in [6.45, 7) is 3.08. The summed E-state index contributed by atoms with van der Waals surface area (Å²) in [6.07, 6.45) is 3.04. The number of rotatable bonds is 3. The standard InChI is InChI=1S/C16H20N2O4/c1-9-5-13-11(14(19)6-9)7-12(16(21)18-13)15(20)17-8-10-3-2-4-22-10/h7,9-10H,2-6,8H2,1H3,(H,17,20)(H,18,21). The summed E-state index contributed by atoms with van der Waals surface area (Å²) in [7, 11) is 0. The van der Waals surface area contributed by atoms with Crippen molar-refractivity contribution in [2.75, 3.05) is 13.2 Å². The highest BCUT2D eigenvalue weighted by Gasteiger charge is 2.26. The number of aromatic nitrogens is 1. The van der Waals surface area contributed by atoms with Crippen LogP contribution in [0.1, 0.15) is 52.6 Å². The first-order valence-corrected chi connectivity index (χ1v) is 7.74. The second-order valence-corrected chi connectivity index (χ2v) is 6.19. The van der Waals surface area contributed by atoms with Crippen LogP contribution in [0, 0.1) is 5.92 Å². The number of ketones is 1. The van der Waals surface area contributed by atoms with Crippen LogP contribution in [0.25, 0.3) is 0 Å². The maximum atomic E-state index is 12.2. The summed E-state index contributed by atoms with van der Waals surface area (Å²) in [4.78, 5) is 39.0. The van der Waals surface area contributed by atoms with E-state index < -0.39 is 11.5 Å². The Labute approximate surface area is 128 Å². The van der Waals surface area contributed by atoms with Crippen molar-refractivity contribution in [2.45, 2.75) is 38.7 Å². The monoisotopic (exact) mass is 304 g/mol. The van der Waals surface area contributed by atoms with Crippen LogP contribution in [-0.2, 0) is 11.2 Å². The van der Waals surface area contributed by atoms with Crippen molar-refractivity contribution in [3.8, 4) is 0 Å². The molecule has 1 fully saturated rings. The maximum Gasteiger partial charge on any atom is 0.261 e. The average Bonchev–Trinajstić information content (AvgIpc) is 2.97. The van der Waals surface area contributed by atoms with Crippen LogP contribution in [0.4, 0.5) is 0 Å². The summed E-state index contributed by atoms with van der Waals surface area (Å²) in [6, 6.07) is 1.44. The van der Waals surface area contributed by atoms with Gasteiger partial charge in [-0.3, -0.25) is 14.4 Å². The van der Waals surface area contributed by atoms with E-state index in [1.54, 1.807) is 0 Å². The van der Waals surface area contributed by atoms with Gasteiger partial charge >= 0.3 is 0 Å². The largest absolute Gasteiger partial charge is 0.376 e. The molecule has 0 aromatic carbocycles. The Hall–Kier alpha value is -1.95. The van der Waals surface area contributed by atoms with Crippen molar-refractivity contribution in [1.29, 1.82) is 0 Å². The number of hydrogen-bond donors (Lipinski definition) is 2. The van der Waals surface area contributed by atoms with Crippen LogP contribution < -0.4 is 10.9 Å². The van der Waals surface area contributed by atoms with Crippen molar-refractivity contribution in [2.24, 2.45) is 5.92 Å². The van der Waals surface area contributed by atoms with Gasteiger partial charge in [0, 0.05) is 30.8 Å². The highest BCUT2D eigenvalue weighted by molar-refractivity contribution is 6.01. The first-order valence-electron chi connectivity index (χ1n) is 7.74. The molecule has 0 radical (unpaired) electrons. The molecule has 1 aromatic rings. The third-order valence-corrected chi connectivity index (χ3v) is 4.27. The molecule has 0 saturated carbocycles. The lowest BCUT2D eigenvalue weighted by Crippen LogP contribution is -2.36.